The number of hydrogen-bond acceptors (Lipinski definition) is 5. The number of H-pyrrole nitrogens is 1. The van der Waals surface area contributed by atoms with Gasteiger partial charge in [-0.1, -0.05) is 5.16 Å². The minimum atomic E-state index is -0.690. The fourth-order valence-electron chi connectivity index (χ4n) is 2.30. The third kappa shape index (κ3) is 2.59. The molecule has 0 atom stereocenters. The predicted octanol–water partition coefficient (Wildman–Crippen LogP) is 3.27. The van der Waals surface area contributed by atoms with Crippen molar-refractivity contribution < 1.29 is 17.7 Å². The quantitative estimate of drug-likeness (QED) is 0.625. The van der Waals surface area contributed by atoms with Gasteiger partial charge in [0, 0.05) is 18.9 Å². The van der Waals surface area contributed by atoms with Crippen molar-refractivity contribution in [3.8, 4) is 11.5 Å². The van der Waals surface area contributed by atoms with Crippen LogP contribution in [-0.4, -0.2) is 20.1 Å². The molecule has 0 saturated carbocycles. The maximum absolute atomic E-state index is 13.6. The fourth-order valence-corrected chi connectivity index (χ4v) is 2.30. The summed E-state index contributed by atoms with van der Waals surface area (Å²) in [6.07, 6.45) is 3.92. The van der Waals surface area contributed by atoms with Crippen molar-refractivity contribution in [3.63, 3.8) is 0 Å². The van der Waals surface area contributed by atoms with Crippen LogP contribution in [0, 0.1) is 11.6 Å². The molecule has 0 radical (unpaired) electrons. The molecule has 1 N–H and O–H groups in total. The first-order valence-electron chi connectivity index (χ1n) is 6.88. The van der Waals surface area contributed by atoms with Crippen LogP contribution in [0.5, 0.6) is 0 Å². The molecule has 0 fully saturated rings. The number of rotatable bonds is 4. The number of imidazole rings is 1. The van der Waals surface area contributed by atoms with E-state index >= 15 is 0 Å². The van der Waals surface area contributed by atoms with Crippen LogP contribution < -0.4 is 0 Å². The van der Waals surface area contributed by atoms with E-state index in [1.165, 1.54) is 18.6 Å². The number of fused-ring (bicyclic) bond motifs is 1. The van der Waals surface area contributed by atoms with E-state index in [9.17, 15) is 8.78 Å². The van der Waals surface area contributed by atoms with Crippen LogP contribution in [0.15, 0.2) is 39.7 Å². The summed E-state index contributed by atoms with van der Waals surface area (Å²) in [5.41, 5.74) is 1.14. The van der Waals surface area contributed by atoms with E-state index in [0.29, 0.717) is 41.5 Å². The highest BCUT2D eigenvalue weighted by atomic mass is 19.1. The zero-order valence-corrected chi connectivity index (χ0v) is 11.7. The summed E-state index contributed by atoms with van der Waals surface area (Å²) in [5, 5.41) is 3.87. The molecule has 0 unspecified atom stereocenters. The first-order valence-corrected chi connectivity index (χ1v) is 6.88. The Labute approximate surface area is 128 Å². The molecule has 0 bridgehead atoms. The molecule has 116 valence electrons. The number of benzene rings is 1. The predicted molar refractivity (Wildman–Crippen MR) is 75.4 cm³/mol. The lowest BCUT2D eigenvalue weighted by molar-refractivity contribution is 0.421. The van der Waals surface area contributed by atoms with Gasteiger partial charge in [0.2, 0.25) is 0 Å². The number of aromatic nitrogens is 4. The molecular formula is C15H10F2N4O2. The van der Waals surface area contributed by atoms with Crippen molar-refractivity contribution in [2.24, 2.45) is 0 Å². The van der Waals surface area contributed by atoms with Crippen LogP contribution in [0.3, 0.4) is 0 Å². The molecule has 3 aromatic heterocycles. The molecule has 1 aromatic carbocycles. The van der Waals surface area contributed by atoms with Gasteiger partial charge in [-0.3, -0.25) is 0 Å². The second kappa shape index (κ2) is 5.31. The van der Waals surface area contributed by atoms with Gasteiger partial charge in [0.15, 0.2) is 11.6 Å². The second-order valence-electron chi connectivity index (χ2n) is 5.00. The Hall–Kier alpha value is -3.03. The summed E-state index contributed by atoms with van der Waals surface area (Å²) < 4.78 is 36.9. The Morgan fingerprint density at radius 1 is 1.13 bits per heavy atom. The molecule has 4 aromatic rings. The van der Waals surface area contributed by atoms with E-state index in [4.69, 9.17) is 8.94 Å². The monoisotopic (exact) mass is 316 g/mol. The number of nitrogens with zero attached hydrogens (tertiary/aromatic N) is 3. The Balaban J connectivity index is 1.52. The van der Waals surface area contributed by atoms with Crippen LogP contribution in [-0.2, 0) is 12.8 Å². The molecule has 8 heteroatoms. The second-order valence-corrected chi connectivity index (χ2v) is 5.00. The molecule has 3 heterocycles. The number of aromatic amines is 1. The molecule has 0 aliphatic carbocycles. The standard InChI is InChI=1S/C15H10F2N4O2/c16-9-5-10(17)14-11(6-9)18-12(19-14)1-2-13-20-15(23-21-13)8-3-4-22-7-8/h3-7H,1-2H2,(H,18,19). The largest absolute Gasteiger partial charge is 0.472 e. The number of furan rings is 1. The number of nitrogens with one attached hydrogen (secondary N) is 1. The van der Waals surface area contributed by atoms with Crippen LogP contribution in [0.1, 0.15) is 11.6 Å². The van der Waals surface area contributed by atoms with E-state index in [1.807, 2.05) is 0 Å². The Bertz CT molecular complexity index is 959. The number of aryl methyl sites for hydroxylation is 2. The zero-order valence-electron chi connectivity index (χ0n) is 11.7. The first-order chi connectivity index (χ1) is 11.2. The Kier molecular flexibility index (Phi) is 3.14. The smallest absolute Gasteiger partial charge is 0.261 e. The van der Waals surface area contributed by atoms with E-state index in [1.54, 1.807) is 6.07 Å². The van der Waals surface area contributed by atoms with Gasteiger partial charge in [-0.15, -0.1) is 0 Å². The first kappa shape index (κ1) is 13.6. The Morgan fingerprint density at radius 3 is 2.87 bits per heavy atom. The van der Waals surface area contributed by atoms with Gasteiger partial charge in [-0.05, 0) is 12.1 Å². The molecule has 0 spiro atoms. The average Bonchev–Trinajstić information content (AvgIpc) is 3.24. The summed E-state index contributed by atoms with van der Waals surface area (Å²) in [6.45, 7) is 0. The topological polar surface area (TPSA) is 80.7 Å². The van der Waals surface area contributed by atoms with Crippen LogP contribution in [0.25, 0.3) is 22.5 Å². The van der Waals surface area contributed by atoms with Crippen molar-refractivity contribution >= 4 is 11.0 Å². The van der Waals surface area contributed by atoms with E-state index in [2.05, 4.69) is 20.1 Å². The molecule has 4 rings (SSSR count). The zero-order chi connectivity index (χ0) is 15.8. The summed E-state index contributed by atoms with van der Waals surface area (Å²) in [7, 11) is 0. The van der Waals surface area contributed by atoms with Gasteiger partial charge >= 0.3 is 0 Å². The third-order valence-electron chi connectivity index (χ3n) is 3.38. The van der Waals surface area contributed by atoms with Gasteiger partial charge < -0.3 is 13.9 Å². The Morgan fingerprint density at radius 2 is 2.04 bits per heavy atom. The highest BCUT2D eigenvalue weighted by molar-refractivity contribution is 5.75. The highest BCUT2D eigenvalue weighted by Gasteiger charge is 2.13. The van der Waals surface area contributed by atoms with E-state index < -0.39 is 11.6 Å². The van der Waals surface area contributed by atoms with Crippen molar-refractivity contribution in [3.05, 3.63) is 54.0 Å². The SMILES string of the molecule is Fc1cc(F)c2nc(CCc3noc(-c4ccoc4)n3)[nH]c2c1. The van der Waals surface area contributed by atoms with Crippen LogP contribution >= 0.6 is 0 Å². The summed E-state index contributed by atoms with van der Waals surface area (Å²) in [4.78, 5) is 11.3. The maximum atomic E-state index is 13.6. The van der Waals surface area contributed by atoms with E-state index in [0.717, 1.165) is 6.07 Å². The molecule has 0 aliphatic heterocycles. The molecule has 0 amide bonds. The van der Waals surface area contributed by atoms with Crippen molar-refractivity contribution in [2.45, 2.75) is 12.8 Å². The van der Waals surface area contributed by atoms with Crippen molar-refractivity contribution in [1.29, 1.82) is 0 Å². The lowest BCUT2D eigenvalue weighted by atomic mass is 10.3. The van der Waals surface area contributed by atoms with E-state index in [-0.39, 0.29) is 5.52 Å². The minimum absolute atomic E-state index is 0.119. The summed E-state index contributed by atoms with van der Waals surface area (Å²) in [6, 6.07) is 3.73. The molecular weight excluding hydrogens is 306 g/mol. The van der Waals surface area contributed by atoms with Gasteiger partial charge in [0.25, 0.3) is 5.89 Å². The average molecular weight is 316 g/mol. The molecule has 23 heavy (non-hydrogen) atoms. The minimum Gasteiger partial charge on any atom is -0.472 e. The number of halogens is 2. The summed E-state index contributed by atoms with van der Waals surface area (Å²) in [5.74, 6) is 0.0522. The molecule has 0 aliphatic rings. The highest BCUT2D eigenvalue weighted by Crippen LogP contribution is 2.19. The van der Waals surface area contributed by atoms with Gasteiger partial charge in [-0.25, -0.2) is 13.8 Å². The van der Waals surface area contributed by atoms with Gasteiger partial charge in [-0.2, -0.15) is 4.98 Å². The van der Waals surface area contributed by atoms with Crippen LogP contribution in [0.4, 0.5) is 8.78 Å². The summed E-state index contributed by atoms with van der Waals surface area (Å²) >= 11 is 0. The lowest BCUT2D eigenvalue weighted by Crippen LogP contribution is -1.95. The number of hydrogen-bond donors (Lipinski definition) is 1. The van der Waals surface area contributed by atoms with Crippen LogP contribution in [0.2, 0.25) is 0 Å². The fraction of sp³-hybridized carbons (Fsp3) is 0.133. The van der Waals surface area contributed by atoms with Gasteiger partial charge in [0.1, 0.15) is 23.4 Å². The van der Waals surface area contributed by atoms with Crippen molar-refractivity contribution in [1.82, 2.24) is 20.1 Å². The van der Waals surface area contributed by atoms with Crippen molar-refractivity contribution in [2.75, 3.05) is 0 Å². The van der Waals surface area contributed by atoms with Gasteiger partial charge in [0.05, 0.1) is 17.3 Å². The lowest BCUT2D eigenvalue weighted by Gasteiger charge is -1.91. The molecule has 6 nitrogen and oxygen atoms in total. The third-order valence-corrected chi connectivity index (χ3v) is 3.38. The molecule has 0 saturated heterocycles. The maximum Gasteiger partial charge on any atom is 0.261 e. The normalized spacial score (nSPS) is 11.4.